The Hall–Kier alpha value is -3.40. The third-order valence-electron chi connectivity index (χ3n) is 4.58. The van der Waals surface area contributed by atoms with Crippen LogP contribution in [0.25, 0.3) is 11.0 Å². The summed E-state index contributed by atoms with van der Waals surface area (Å²) in [6.07, 6.45) is 0. The van der Waals surface area contributed by atoms with Gasteiger partial charge >= 0.3 is 0 Å². The van der Waals surface area contributed by atoms with E-state index >= 15 is 0 Å². The van der Waals surface area contributed by atoms with Gasteiger partial charge in [-0.25, -0.2) is 4.98 Å². The van der Waals surface area contributed by atoms with Crippen molar-refractivity contribution in [3.8, 4) is 5.75 Å². The highest BCUT2D eigenvalue weighted by Crippen LogP contribution is 2.21. The fourth-order valence-electron chi connectivity index (χ4n) is 3.13. The zero-order valence-electron chi connectivity index (χ0n) is 15.1. The lowest BCUT2D eigenvalue weighted by Crippen LogP contribution is -2.14. The van der Waals surface area contributed by atoms with E-state index in [4.69, 9.17) is 4.74 Å². The van der Waals surface area contributed by atoms with Gasteiger partial charge in [0.1, 0.15) is 18.2 Å². The highest BCUT2D eigenvalue weighted by molar-refractivity contribution is 5.96. The summed E-state index contributed by atoms with van der Waals surface area (Å²) in [5, 5.41) is 0. The van der Waals surface area contributed by atoms with E-state index < -0.39 is 0 Å². The van der Waals surface area contributed by atoms with Crippen molar-refractivity contribution >= 4 is 16.8 Å². The first-order chi connectivity index (χ1) is 13.2. The number of Topliss-reactive ketones (excluding diaryl/α,β-unsaturated/α-hetero) is 1. The summed E-state index contributed by atoms with van der Waals surface area (Å²) in [4.78, 5) is 17.4. The molecule has 0 saturated carbocycles. The Kier molecular flexibility index (Phi) is 4.71. The maximum Gasteiger partial charge on any atom is 0.182 e. The van der Waals surface area contributed by atoms with E-state index in [1.165, 1.54) is 0 Å². The van der Waals surface area contributed by atoms with Gasteiger partial charge in [-0.15, -0.1) is 0 Å². The van der Waals surface area contributed by atoms with Crippen LogP contribution in [0.5, 0.6) is 5.75 Å². The maximum absolute atomic E-state index is 12.7. The smallest absolute Gasteiger partial charge is 0.182 e. The van der Waals surface area contributed by atoms with Crippen molar-refractivity contribution in [1.82, 2.24) is 9.55 Å². The van der Waals surface area contributed by atoms with Crippen molar-refractivity contribution < 1.29 is 9.53 Å². The number of ketones is 1. The fraction of sp³-hybridized carbons (Fsp3) is 0.130. The molecule has 0 bridgehead atoms. The number of carbonyl (C=O) groups is 1. The van der Waals surface area contributed by atoms with Gasteiger partial charge in [0.15, 0.2) is 5.78 Å². The highest BCUT2D eigenvalue weighted by Gasteiger charge is 2.15. The molecule has 4 nitrogen and oxygen atoms in total. The van der Waals surface area contributed by atoms with Gasteiger partial charge in [-0.05, 0) is 30.7 Å². The van der Waals surface area contributed by atoms with Crippen LogP contribution in [0, 0.1) is 6.92 Å². The first kappa shape index (κ1) is 17.0. The normalized spacial score (nSPS) is 10.9. The minimum atomic E-state index is 0.0518. The van der Waals surface area contributed by atoms with Crippen LogP contribution in [-0.4, -0.2) is 15.3 Å². The molecule has 0 spiro atoms. The number of ether oxygens (including phenoxy) is 1. The molecule has 0 amide bonds. The lowest BCUT2D eigenvalue weighted by Gasteiger charge is -2.11. The average molecular weight is 356 g/mol. The SMILES string of the molecule is Cc1ccccc1OCc1nc2ccccc2n1CC(=O)c1ccccc1. The van der Waals surface area contributed by atoms with Gasteiger partial charge in [-0.3, -0.25) is 4.79 Å². The Bertz CT molecular complexity index is 1080. The summed E-state index contributed by atoms with van der Waals surface area (Å²) in [5.74, 6) is 1.62. The number of para-hydroxylation sites is 3. The molecule has 4 heteroatoms. The zero-order valence-corrected chi connectivity index (χ0v) is 15.1. The molecular formula is C23H20N2O2. The van der Waals surface area contributed by atoms with Crippen LogP contribution < -0.4 is 4.74 Å². The third kappa shape index (κ3) is 3.60. The molecule has 4 aromatic rings. The van der Waals surface area contributed by atoms with Gasteiger partial charge < -0.3 is 9.30 Å². The summed E-state index contributed by atoms with van der Waals surface area (Å²) in [6.45, 7) is 2.55. The van der Waals surface area contributed by atoms with E-state index in [1.54, 1.807) is 0 Å². The summed E-state index contributed by atoms with van der Waals surface area (Å²) < 4.78 is 7.93. The maximum atomic E-state index is 12.7. The van der Waals surface area contributed by atoms with E-state index in [1.807, 2.05) is 90.4 Å². The van der Waals surface area contributed by atoms with Gasteiger partial charge in [0.2, 0.25) is 0 Å². The second kappa shape index (κ2) is 7.46. The molecule has 0 unspecified atom stereocenters. The molecule has 0 aliphatic heterocycles. The van der Waals surface area contributed by atoms with Gasteiger partial charge in [-0.1, -0.05) is 60.7 Å². The predicted octanol–water partition coefficient (Wildman–Crippen LogP) is 4.81. The third-order valence-corrected chi connectivity index (χ3v) is 4.58. The molecular weight excluding hydrogens is 336 g/mol. The van der Waals surface area contributed by atoms with Crippen molar-refractivity contribution in [2.45, 2.75) is 20.1 Å². The average Bonchev–Trinajstić information content (AvgIpc) is 3.05. The molecule has 0 saturated heterocycles. The molecule has 1 heterocycles. The van der Waals surface area contributed by atoms with Crippen molar-refractivity contribution in [3.05, 3.63) is 95.8 Å². The van der Waals surface area contributed by atoms with Crippen LogP contribution in [0.4, 0.5) is 0 Å². The number of hydrogen-bond donors (Lipinski definition) is 0. The molecule has 134 valence electrons. The van der Waals surface area contributed by atoms with Crippen LogP contribution in [0.15, 0.2) is 78.9 Å². The summed E-state index contributed by atoms with van der Waals surface area (Å²) in [5.41, 5.74) is 3.56. The molecule has 0 fully saturated rings. The van der Waals surface area contributed by atoms with Crippen LogP contribution in [0.1, 0.15) is 21.7 Å². The van der Waals surface area contributed by atoms with E-state index in [2.05, 4.69) is 4.98 Å². The molecule has 0 atom stereocenters. The standard InChI is InChI=1S/C23H20N2O2/c1-17-9-5-8-14-22(17)27-16-23-24-19-12-6-7-13-20(19)25(23)15-21(26)18-10-3-2-4-11-18/h2-14H,15-16H2,1H3. The molecule has 0 aliphatic carbocycles. The lowest BCUT2D eigenvalue weighted by atomic mass is 10.1. The predicted molar refractivity (Wildman–Crippen MR) is 106 cm³/mol. The van der Waals surface area contributed by atoms with Crippen LogP contribution in [0.2, 0.25) is 0 Å². The minimum Gasteiger partial charge on any atom is -0.485 e. The highest BCUT2D eigenvalue weighted by atomic mass is 16.5. The Morgan fingerprint density at radius 3 is 2.44 bits per heavy atom. The molecule has 4 rings (SSSR count). The number of fused-ring (bicyclic) bond motifs is 1. The van der Waals surface area contributed by atoms with E-state index in [-0.39, 0.29) is 12.3 Å². The molecule has 0 aliphatic rings. The van der Waals surface area contributed by atoms with Crippen LogP contribution >= 0.6 is 0 Å². The monoisotopic (exact) mass is 356 g/mol. The first-order valence-electron chi connectivity index (χ1n) is 8.93. The lowest BCUT2D eigenvalue weighted by molar-refractivity contribution is 0.0971. The first-order valence-corrected chi connectivity index (χ1v) is 8.93. The molecule has 27 heavy (non-hydrogen) atoms. The second-order valence-electron chi connectivity index (χ2n) is 6.45. The van der Waals surface area contributed by atoms with Crippen LogP contribution in [-0.2, 0) is 13.2 Å². The van der Waals surface area contributed by atoms with Crippen molar-refractivity contribution in [3.63, 3.8) is 0 Å². The van der Waals surface area contributed by atoms with Crippen LogP contribution in [0.3, 0.4) is 0 Å². The number of hydrogen-bond acceptors (Lipinski definition) is 3. The van der Waals surface area contributed by atoms with Crippen molar-refractivity contribution in [1.29, 1.82) is 0 Å². The molecule has 1 aromatic heterocycles. The van der Waals surface area contributed by atoms with Crippen molar-refractivity contribution in [2.24, 2.45) is 0 Å². The number of aryl methyl sites for hydroxylation is 1. The Labute approximate surface area is 158 Å². The van der Waals surface area contributed by atoms with Gasteiger partial charge in [0, 0.05) is 5.56 Å². The fourth-order valence-corrected chi connectivity index (χ4v) is 3.13. The van der Waals surface area contributed by atoms with E-state index in [0.717, 1.165) is 28.2 Å². The Morgan fingerprint density at radius 2 is 1.63 bits per heavy atom. The number of aromatic nitrogens is 2. The largest absolute Gasteiger partial charge is 0.485 e. The van der Waals surface area contributed by atoms with Gasteiger partial charge in [-0.2, -0.15) is 0 Å². The number of rotatable bonds is 6. The quantitative estimate of drug-likeness (QED) is 0.466. The van der Waals surface area contributed by atoms with E-state index in [9.17, 15) is 4.79 Å². The Morgan fingerprint density at radius 1 is 0.926 bits per heavy atom. The summed E-state index contributed by atoms with van der Waals surface area (Å²) >= 11 is 0. The number of imidazole rings is 1. The van der Waals surface area contributed by atoms with Gasteiger partial charge in [0.05, 0.1) is 17.6 Å². The second-order valence-corrected chi connectivity index (χ2v) is 6.45. The van der Waals surface area contributed by atoms with E-state index in [0.29, 0.717) is 12.2 Å². The Balaban J connectivity index is 1.65. The number of benzene rings is 3. The van der Waals surface area contributed by atoms with Gasteiger partial charge in [0.25, 0.3) is 0 Å². The van der Waals surface area contributed by atoms with Crippen molar-refractivity contribution in [2.75, 3.05) is 0 Å². The molecule has 0 N–H and O–H groups in total. The topological polar surface area (TPSA) is 44.1 Å². The molecule has 3 aromatic carbocycles. The number of carbonyl (C=O) groups excluding carboxylic acids is 1. The minimum absolute atomic E-state index is 0.0518. The summed E-state index contributed by atoms with van der Waals surface area (Å²) in [7, 11) is 0. The zero-order chi connectivity index (χ0) is 18.6. The molecule has 0 radical (unpaired) electrons. The summed E-state index contributed by atoms with van der Waals surface area (Å²) in [6, 6.07) is 25.1. The number of nitrogens with zero attached hydrogens (tertiary/aromatic N) is 2.